The minimum absolute atomic E-state index is 0.0531. The van der Waals surface area contributed by atoms with E-state index in [9.17, 15) is 4.79 Å². The molecule has 2 atom stereocenters. The van der Waals surface area contributed by atoms with Gasteiger partial charge in [0.15, 0.2) is 0 Å². The highest BCUT2D eigenvalue weighted by molar-refractivity contribution is 5.73. The van der Waals surface area contributed by atoms with E-state index in [4.69, 9.17) is 9.47 Å². The highest BCUT2D eigenvalue weighted by Crippen LogP contribution is 2.28. The van der Waals surface area contributed by atoms with E-state index in [1.807, 2.05) is 0 Å². The van der Waals surface area contributed by atoms with Crippen LogP contribution in [0, 0.1) is 5.92 Å². The Morgan fingerprint density at radius 3 is 3.00 bits per heavy atom. The lowest BCUT2D eigenvalue weighted by Gasteiger charge is -2.15. The Hall–Kier alpha value is -0.830. The van der Waals surface area contributed by atoms with Crippen LogP contribution in [0.5, 0.6) is 0 Å². The van der Waals surface area contributed by atoms with E-state index in [1.54, 1.807) is 13.2 Å². The van der Waals surface area contributed by atoms with Gasteiger partial charge in [0.05, 0.1) is 12.0 Å². The lowest BCUT2D eigenvalue weighted by molar-refractivity contribution is -0.150. The van der Waals surface area contributed by atoms with Crippen molar-refractivity contribution in [2.75, 3.05) is 13.7 Å². The van der Waals surface area contributed by atoms with Gasteiger partial charge in [0.25, 0.3) is 0 Å². The monoisotopic (exact) mass is 184 g/mol. The van der Waals surface area contributed by atoms with Crippen LogP contribution >= 0.6 is 0 Å². The molecular weight excluding hydrogens is 168 g/mol. The molecule has 0 radical (unpaired) electrons. The standard InChI is InChI=1S/C10H16O3/c1-3-7-13-10(11)8-5-4-6-9(8)12-2/h3,8-9H,1,4-7H2,2H3/t8-,9+/m0/s1. The summed E-state index contributed by atoms with van der Waals surface area (Å²) in [5.41, 5.74) is 0. The average molecular weight is 184 g/mol. The van der Waals surface area contributed by atoms with Gasteiger partial charge in [-0.15, -0.1) is 0 Å². The molecule has 1 saturated carbocycles. The lowest BCUT2D eigenvalue weighted by atomic mass is 10.1. The van der Waals surface area contributed by atoms with Crippen LogP contribution in [0.4, 0.5) is 0 Å². The number of esters is 1. The Balaban J connectivity index is 2.40. The molecule has 0 saturated heterocycles. The van der Waals surface area contributed by atoms with Gasteiger partial charge in [0, 0.05) is 7.11 Å². The van der Waals surface area contributed by atoms with Gasteiger partial charge >= 0.3 is 5.97 Å². The molecule has 0 spiro atoms. The van der Waals surface area contributed by atoms with Crippen molar-refractivity contribution in [3.8, 4) is 0 Å². The summed E-state index contributed by atoms with van der Waals surface area (Å²) in [7, 11) is 1.64. The molecule has 0 amide bonds. The van der Waals surface area contributed by atoms with E-state index >= 15 is 0 Å². The maximum Gasteiger partial charge on any atom is 0.311 e. The molecule has 1 rings (SSSR count). The summed E-state index contributed by atoms with van der Waals surface area (Å²) in [6, 6.07) is 0. The zero-order valence-corrected chi connectivity index (χ0v) is 7.99. The van der Waals surface area contributed by atoms with Crippen molar-refractivity contribution >= 4 is 5.97 Å². The van der Waals surface area contributed by atoms with Crippen molar-refractivity contribution < 1.29 is 14.3 Å². The number of carbonyl (C=O) groups is 1. The first-order valence-corrected chi connectivity index (χ1v) is 4.60. The second kappa shape index (κ2) is 5.02. The lowest BCUT2D eigenvalue weighted by Crippen LogP contribution is -2.26. The molecule has 0 bridgehead atoms. The van der Waals surface area contributed by atoms with Crippen molar-refractivity contribution in [1.82, 2.24) is 0 Å². The fraction of sp³-hybridized carbons (Fsp3) is 0.700. The van der Waals surface area contributed by atoms with Crippen LogP contribution in [0.1, 0.15) is 19.3 Å². The Labute approximate surface area is 78.7 Å². The maximum atomic E-state index is 11.4. The van der Waals surface area contributed by atoms with Crippen LogP contribution in [-0.4, -0.2) is 25.8 Å². The van der Waals surface area contributed by atoms with E-state index in [1.165, 1.54) is 0 Å². The molecule has 0 aromatic carbocycles. The zero-order chi connectivity index (χ0) is 9.68. The highest BCUT2D eigenvalue weighted by atomic mass is 16.5. The summed E-state index contributed by atoms with van der Waals surface area (Å²) in [5, 5.41) is 0. The Morgan fingerprint density at radius 1 is 1.62 bits per heavy atom. The second-order valence-electron chi connectivity index (χ2n) is 3.23. The minimum atomic E-state index is -0.149. The second-order valence-corrected chi connectivity index (χ2v) is 3.23. The smallest absolute Gasteiger partial charge is 0.311 e. The SMILES string of the molecule is C=CCOC(=O)[C@H]1CCC[C@H]1OC. The number of carbonyl (C=O) groups excluding carboxylic acids is 1. The summed E-state index contributed by atoms with van der Waals surface area (Å²) in [4.78, 5) is 11.4. The van der Waals surface area contributed by atoms with E-state index in [0.717, 1.165) is 19.3 Å². The van der Waals surface area contributed by atoms with Crippen LogP contribution in [-0.2, 0) is 14.3 Å². The Bertz CT molecular complexity index is 189. The third-order valence-electron chi connectivity index (χ3n) is 2.40. The van der Waals surface area contributed by atoms with Gasteiger partial charge in [-0.3, -0.25) is 4.79 Å². The molecule has 1 aliphatic carbocycles. The van der Waals surface area contributed by atoms with Gasteiger partial charge in [0.2, 0.25) is 0 Å². The maximum absolute atomic E-state index is 11.4. The van der Waals surface area contributed by atoms with Crippen LogP contribution in [0.2, 0.25) is 0 Å². The van der Waals surface area contributed by atoms with Crippen LogP contribution in [0.3, 0.4) is 0 Å². The zero-order valence-electron chi connectivity index (χ0n) is 7.99. The Kier molecular flexibility index (Phi) is 3.96. The molecule has 1 fully saturated rings. The summed E-state index contributed by atoms with van der Waals surface area (Å²) in [5.74, 6) is -0.214. The van der Waals surface area contributed by atoms with Crippen molar-refractivity contribution in [3.63, 3.8) is 0 Å². The summed E-state index contributed by atoms with van der Waals surface area (Å²) < 4.78 is 10.2. The molecule has 3 heteroatoms. The number of ether oxygens (including phenoxy) is 2. The number of rotatable bonds is 4. The number of hydrogen-bond acceptors (Lipinski definition) is 3. The third-order valence-corrected chi connectivity index (χ3v) is 2.40. The molecule has 1 aliphatic rings. The normalized spacial score (nSPS) is 27.2. The molecule has 3 nitrogen and oxygen atoms in total. The van der Waals surface area contributed by atoms with Gasteiger partial charge in [-0.2, -0.15) is 0 Å². The van der Waals surface area contributed by atoms with Crippen molar-refractivity contribution in [3.05, 3.63) is 12.7 Å². The van der Waals surface area contributed by atoms with E-state index in [0.29, 0.717) is 6.61 Å². The first kappa shape index (κ1) is 10.3. The highest BCUT2D eigenvalue weighted by Gasteiger charge is 2.33. The quantitative estimate of drug-likeness (QED) is 0.491. The first-order valence-electron chi connectivity index (χ1n) is 4.60. The molecule has 0 aliphatic heterocycles. The first-order chi connectivity index (χ1) is 6.29. The molecule has 0 aromatic rings. The fourth-order valence-electron chi connectivity index (χ4n) is 1.73. The van der Waals surface area contributed by atoms with Crippen LogP contribution in [0.15, 0.2) is 12.7 Å². The molecule has 0 aromatic heterocycles. The van der Waals surface area contributed by atoms with E-state index < -0.39 is 0 Å². The number of methoxy groups -OCH3 is 1. The minimum Gasteiger partial charge on any atom is -0.461 e. The molecule has 74 valence electrons. The van der Waals surface area contributed by atoms with Crippen LogP contribution < -0.4 is 0 Å². The van der Waals surface area contributed by atoms with E-state index in [-0.39, 0.29) is 18.0 Å². The molecule has 0 N–H and O–H groups in total. The predicted molar refractivity (Wildman–Crippen MR) is 49.3 cm³/mol. The largest absolute Gasteiger partial charge is 0.461 e. The summed E-state index contributed by atoms with van der Waals surface area (Å²) >= 11 is 0. The van der Waals surface area contributed by atoms with Gasteiger partial charge in [-0.1, -0.05) is 12.7 Å². The summed E-state index contributed by atoms with van der Waals surface area (Å²) in [6.07, 6.45) is 4.53. The summed E-state index contributed by atoms with van der Waals surface area (Å²) in [6.45, 7) is 3.79. The van der Waals surface area contributed by atoms with E-state index in [2.05, 4.69) is 6.58 Å². The molecule has 0 heterocycles. The predicted octanol–water partition coefficient (Wildman–Crippen LogP) is 1.53. The van der Waals surface area contributed by atoms with Gasteiger partial charge < -0.3 is 9.47 Å². The third kappa shape index (κ3) is 2.56. The average Bonchev–Trinajstić information content (AvgIpc) is 2.61. The molecule has 0 unspecified atom stereocenters. The van der Waals surface area contributed by atoms with Crippen molar-refractivity contribution in [1.29, 1.82) is 0 Å². The van der Waals surface area contributed by atoms with Crippen LogP contribution in [0.25, 0.3) is 0 Å². The Morgan fingerprint density at radius 2 is 2.38 bits per heavy atom. The van der Waals surface area contributed by atoms with Gasteiger partial charge in [-0.05, 0) is 19.3 Å². The molecule has 13 heavy (non-hydrogen) atoms. The number of hydrogen-bond donors (Lipinski definition) is 0. The van der Waals surface area contributed by atoms with Crippen molar-refractivity contribution in [2.24, 2.45) is 5.92 Å². The van der Waals surface area contributed by atoms with Gasteiger partial charge in [0.1, 0.15) is 6.61 Å². The van der Waals surface area contributed by atoms with Gasteiger partial charge in [-0.25, -0.2) is 0 Å². The molecular formula is C10H16O3. The topological polar surface area (TPSA) is 35.5 Å². The fourth-order valence-corrected chi connectivity index (χ4v) is 1.73. The van der Waals surface area contributed by atoms with Crippen molar-refractivity contribution in [2.45, 2.75) is 25.4 Å².